The number of nitrogens with two attached hydrogens (primary N) is 1. The Morgan fingerprint density at radius 2 is 2.16 bits per heavy atom. The Morgan fingerprint density at radius 3 is 2.68 bits per heavy atom. The SMILES string of the molecule is CCCCC(CC)C(NN)C1CCOC2(CCC2)C1. The molecule has 3 atom stereocenters. The normalized spacial score (nSPS) is 28.9. The van der Waals surface area contributed by atoms with Crippen LogP contribution in [0.2, 0.25) is 0 Å². The van der Waals surface area contributed by atoms with Crippen LogP contribution in [0, 0.1) is 11.8 Å². The van der Waals surface area contributed by atoms with Crippen molar-refractivity contribution in [2.45, 2.75) is 83.3 Å². The molecule has 2 aliphatic rings. The van der Waals surface area contributed by atoms with E-state index in [9.17, 15) is 0 Å². The molecule has 3 nitrogen and oxygen atoms in total. The van der Waals surface area contributed by atoms with Crippen LogP contribution in [-0.2, 0) is 4.74 Å². The highest BCUT2D eigenvalue weighted by molar-refractivity contribution is 4.97. The number of unbranched alkanes of at least 4 members (excludes halogenated alkanes) is 1. The lowest BCUT2D eigenvalue weighted by Crippen LogP contribution is -2.53. The minimum absolute atomic E-state index is 0.237. The highest BCUT2D eigenvalue weighted by Gasteiger charge is 2.45. The van der Waals surface area contributed by atoms with Crippen LogP contribution in [0.4, 0.5) is 0 Å². The second kappa shape index (κ2) is 7.05. The zero-order valence-corrected chi connectivity index (χ0v) is 12.8. The summed E-state index contributed by atoms with van der Waals surface area (Å²) in [5, 5.41) is 0. The van der Waals surface area contributed by atoms with Gasteiger partial charge in [0.05, 0.1) is 5.60 Å². The van der Waals surface area contributed by atoms with E-state index in [1.807, 2.05) is 0 Å². The number of hydrogen-bond donors (Lipinski definition) is 2. The Kier molecular flexibility index (Phi) is 5.67. The van der Waals surface area contributed by atoms with Gasteiger partial charge in [-0.2, -0.15) is 0 Å². The molecule has 1 heterocycles. The summed E-state index contributed by atoms with van der Waals surface area (Å²) < 4.78 is 6.05. The molecule has 3 heteroatoms. The monoisotopic (exact) mass is 268 g/mol. The van der Waals surface area contributed by atoms with E-state index in [0.29, 0.717) is 12.0 Å². The van der Waals surface area contributed by atoms with Crippen molar-refractivity contribution in [1.29, 1.82) is 0 Å². The van der Waals surface area contributed by atoms with Crippen molar-refractivity contribution in [3.8, 4) is 0 Å². The molecule has 1 saturated carbocycles. The first-order chi connectivity index (χ1) is 9.24. The molecule has 1 saturated heterocycles. The van der Waals surface area contributed by atoms with Crippen LogP contribution < -0.4 is 11.3 Å². The second-order valence-corrected chi connectivity index (χ2v) is 6.64. The topological polar surface area (TPSA) is 47.3 Å². The average Bonchev–Trinajstić information content (AvgIpc) is 2.42. The maximum absolute atomic E-state index is 6.05. The molecule has 0 bridgehead atoms. The molecule has 3 unspecified atom stereocenters. The van der Waals surface area contributed by atoms with E-state index in [4.69, 9.17) is 10.6 Å². The Morgan fingerprint density at radius 1 is 1.37 bits per heavy atom. The van der Waals surface area contributed by atoms with E-state index in [0.717, 1.165) is 12.5 Å². The van der Waals surface area contributed by atoms with Crippen molar-refractivity contribution >= 4 is 0 Å². The fraction of sp³-hybridized carbons (Fsp3) is 1.00. The lowest BCUT2D eigenvalue weighted by molar-refractivity contribution is -0.149. The zero-order chi connectivity index (χ0) is 13.7. The maximum atomic E-state index is 6.05. The summed E-state index contributed by atoms with van der Waals surface area (Å²) in [6.07, 6.45) is 11.4. The third kappa shape index (κ3) is 3.50. The summed E-state index contributed by atoms with van der Waals surface area (Å²) in [5.74, 6) is 7.35. The lowest BCUT2D eigenvalue weighted by atomic mass is 9.68. The smallest absolute Gasteiger partial charge is 0.0685 e. The first-order valence-electron chi connectivity index (χ1n) is 8.34. The third-order valence-corrected chi connectivity index (χ3v) is 5.46. The molecule has 1 aliphatic carbocycles. The van der Waals surface area contributed by atoms with Crippen LogP contribution in [0.3, 0.4) is 0 Å². The first kappa shape index (κ1) is 15.3. The van der Waals surface area contributed by atoms with Crippen LogP contribution in [-0.4, -0.2) is 18.2 Å². The van der Waals surface area contributed by atoms with Gasteiger partial charge >= 0.3 is 0 Å². The standard InChI is InChI=1S/C16H32N2O/c1-3-5-7-13(4-2)15(18-17)14-8-11-19-16(12-14)9-6-10-16/h13-15,18H,3-12,17H2,1-2H3. The third-order valence-electron chi connectivity index (χ3n) is 5.46. The number of hydrazine groups is 1. The predicted octanol–water partition coefficient (Wildman–Crippen LogP) is 3.38. The molecule has 19 heavy (non-hydrogen) atoms. The zero-order valence-electron chi connectivity index (χ0n) is 12.8. The molecule has 2 fully saturated rings. The maximum Gasteiger partial charge on any atom is 0.0685 e. The van der Waals surface area contributed by atoms with Crippen molar-refractivity contribution in [2.75, 3.05) is 6.61 Å². The van der Waals surface area contributed by atoms with Gasteiger partial charge in [-0.3, -0.25) is 11.3 Å². The van der Waals surface area contributed by atoms with Gasteiger partial charge in [0, 0.05) is 12.6 Å². The minimum Gasteiger partial charge on any atom is -0.375 e. The van der Waals surface area contributed by atoms with Gasteiger partial charge in [-0.1, -0.05) is 33.1 Å². The van der Waals surface area contributed by atoms with Gasteiger partial charge in [-0.05, 0) is 50.4 Å². The molecule has 3 N–H and O–H groups in total. The number of ether oxygens (including phenoxy) is 1. The molecule has 0 aromatic carbocycles. The Hall–Kier alpha value is -0.120. The molecule has 1 aliphatic heterocycles. The number of rotatable bonds is 7. The molecule has 2 rings (SSSR count). The fourth-order valence-electron chi connectivity index (χ4n) is 4.05. The average molecular weight is 268 g/mol. The van der Waals surface area contributed by atoms with Crippen molar-refractivity contribution < 1.29 is 4.74 Å². The summed E-state index contributed by atoms with van der Waals surface area (Å²) in [7, 11) is 0. The Bertz CT molecular complexity index is 265. The van der Waals surface area contributed by atoms with E-state index in [2.05, 4.69) is 19.3 Å². The number of hydrogen-bond acceptors (Lipinski definition) is 3. The summed E-state index contributed by atoms with van der Waals surface area (Å²) in [6, 6.07) is 0.484. The van der Waals surface area contributed by atoms with Crippen LogP contribution in [0.5, 0.6) is 0 Å². The molecular formula is C16H32N2O. The summed E-state index contributed by atoms with van der Waals surface area (Å²) >= 11 is 0. The van der Waals surface area contributed by atoms with Crippen LogP contribution in [0.25, 0.3) is 0 Å². The molecule has 0 amide bonds. The van der Waals surface area contributed by atoms with E-state index < -0.39 is 0 Å². The van der Waals surface area contributed by atoms with Gasteiger partial charge in [0.2, 0.25) is 0 Å². The predicted molar refractivity (Wildman–Crippen MR) is 79.7 cm³/mol. The number of nitrogens with one attached hydrogen (secondary N) is 1. The van der Waals surface area contributed by atoms with Gasteiger partial charge in [0.15, 0.2) is 0 Å². The van der Waals surface area contributed by atoms with Gasteiger partial charge < -0.3 is 4.74 Å². The van der Waals surface area contributed by atoms with Crippen molar-refractivity contribution in [1.82, 2.24) is 5.43 Å². The van der Waals surface area contributed by atoms with E-state index in [-0.39, 0.29) is 5.60 Å². The quantitative estimate of drug-likeness (QED) is 0.549. The summed E-state index contributed by atoms with van der Waals surface area (Å²) in [6.45, 7) is 5.52. The molecule has 1 spiro atoms. The summed E-state index contributed by atoms with van der Waals surface area (Å²) in [4.78, 5) is 0. The first-order valence-corrected chi connectivity index (χ1v) is 8.34. The highest BCUT2D eigenvalue weighted by atomic mass is 16.5. The Balaban J connectivity index is 1.94. The van der Waals surface area contributed by atoms with E-state index >= 15 is 0 Å². The largest absolute Gasteiger partial charge is 0.375 e. The van der Waals surface area contributed by atoms with Gasteiger partial charge in [0.25, 0.3) is 0 Å². The molecule has 0 aromatic rings. The molecule has 112 valence electrons. The van der Waals surface area contributed by atoms with Crippen molar-refractivity contribution in [3.63, 3.8) is 0 Å². The molecular weight excluding hydrogens is 236 g/mol. The fourth-order valence-corrected chi connectivity index (χ4v) is 4.05. The van der Waals surface area contributed by atoms with E-state index in [1.165, 1.54) is 57.8 Å². The van der Waals surface area contributed by atoms with Gasteiger partial charge in [-0.15, -0.1) is 0 Å². The molecule has 0 aromatic heterocycles. The van der Waals surface area contributed by atoms with Crippen molar-refractivity contribution in [3.05, 3.63) is 0 Å². The van der Waals surface area contributed by atoms with Gasteiger partial charge in [-0.25, -0.2) is 0 Å². The molecule has 0 radical (unpaired) electrons. The minimum atomic E-state index is 0.237. The lowest BCUT2D eigenvalue weighted by Gasteiger charge is -2.49. The van der Waals surface area contributed by atoms with Crippen LogP contribution in [0.15, 0.2) is 0 Å². The van der Waals surface area contributed by atoms with Gasteiger partial charge in [0.1, 0.15) is 0 Å². The van der Waals surface area contributed by atoms with E-state index in [1.54, 1.807) is 0 Å². The van der Waals surface area contributed by atoms with Crippen LogP contribution in [0.1, 0.15) is 71.6 Å². The van der Waals surface area contributed by atoms with Crippen molar-refractivity contribution in [2.24, 2.45) is 17.7 Å². The summed E-state index contributed by atoms with van der Waals surface area (Å²) in [5.41, 5.74) is 3.40. The van der Waals surface area contributed by atoms with Crippen LogP contribution >= 0.6 is 0 Å². The second-order valence-electron chi connectivity index (χ2n) is 6.64. The highest BCUT2D eigenvalue weighted by Crippen LogP contribution is 2.46. The Labute approximate surface area is 118 Å².